The van der Waals surface area contributed by atoms with Crippen molar-refractivity contribution in [2.75, 3.05) is 33.2 Å². The molecular weight excluding hydrogens is 278 g/mol. The van der Waals surface area contributed by atoms with Crippen LogP contribution in [0.25, 0.3) is 0 Å². The molecule has 1 aliphatic rings. The first-order valence-electron chi connectivity index (χ1n) is 7.52. The van der Waals surface area contributed by atoms with Gasteiger partial charge in [0, 0.05) is 32.7 Å². The molecule has 22 heavy (non-hydrogen) atoms. The molecule has 0 radical (unpaired) electrons. The summed E-state index contributed by atoms with van der Waals surface area (Å²) in [6.45, 7) is 8.35. The molecule has 1 aromatic rings. The molecule has 5 heteroatoms. The third-order valence-electron chi connectivity index (χ3n) is 4.24. The van der Waals surface area contributed by atoms with Crippen molar-refractivity contribution in [3.63, 3.8) is 0 Å². The Kier molecular flexibility index (Phi) is 4.84. The van der Waals surface area contributed by atoms with Crippen LogP contribution in [-0.2, 0) is 12.0 Å². The molecule has 1 N–H and O–H groups in total. The van der Waals surface area contributed by atoms with E-state index in [9.17, 15) is 15.2 Å². The van der Waals surface area contributed by atoms with Gasteiger partial charge in [0.15, 0.2) is 0 Å². The molecule has 2 rings (SSSR count). The second-order valence-electron chi connectivity index (χ2n) is 6.54. The molecule has 1 aliphatic heterocycles. The Bertz CT molecular complexity index is 596. The van der Waals surface area contributed by atoms with Crippen LogP contribution in [0, 0.1) is 11.3 Å². The van der Waals surface area contributed by atoms with E-state index in [4.69, 9.17) is 0 Å². The van der Waals surface area contributed by atoms with Crippen LogP contribution in [0.5, 0.6) is 0 Å². The fourth-order valence-electron chi connectivity index (χ4n) is 2.60. The lowest BCUT2D eigenvalue weighted by molar-refractivity contribution is 0.0696. The number of benzene rings is 1. The zero-order valence-electron chi connectivity index (χ0n) is 13.5. The van der Waals surface area contributed by atoms with Crippen molar-refractivity contribution in [2.24, 2.45) is 0 Å². The number of piperazine rings is 1. The van der Waals surface area contributed by atoms with Crippen LogP contribution < -0.4 is 0 Å². The maximum absolute atomic E-state index is 11.4. The number of aromatic carboxylic acids is 1. The highest BCUT2D eigenvalue weighted by molar-refractivity contribution is 5.88. The summed E-state index contributed by atoms with van der Waals surface area (Å²) in [4.78, 5) is 16.0. The van der Waals surface area contributed by atoms with E-state index in [0.717, 1.165) is 43.9 Å². The van der Waals surface area contributed by atoms with Crippen LogP contribution in [0.15, 0.2) is 18.2 Å². The van der Waals surface area contributed by atoms with Gasteiger partial charge in [-0.1, -0.05) is 6.07 Å². The van der Waals surface area contributed by atoms with E-state index in [1.165, 1.54) is 0 Å². The Morgan fingerprint density at radius 1 is 1.27 bits per heavy atom. The lowest BCUT2D eigenvalue weighted by Crippen LogP contribution is -2.43. The number of nitriles is 1. The molecule has 1 aromatic carbocycles. The Hall–Kier alpha value is -1.90. The lowest BCUT2D eigenvalue weighted by Gasteiger charge is -2.32. The summed E-state index contributed by atoms with van der Waals surface area (Å²) in [6.07, 6.45) is 0. The van der Waals surface area contributed by atoms with Crippen LogP contribution in [-0.4, -0.2) is 54.1 Å². The molecule has 1 heterocycles. The van der Waals surface area contributed by atoms with Gasteiger partial charge in [0.25, 0.3) is 0 Å². The average Bonchev–Trinajstić information content (AvgIpc) is 2.49. The van der Waals surface area contributed by atoms with Gasteiger partial charge >= 0.3 is 5.97 Å². The van der Waals surface area contributed by atoms with E-state index in [1.54, 1.807) is 12.1 Å². The van der Waals surface area contributed by atoms with Crippen LogP contribution in [0.1, 0.15) is 35.3 Å². The predicted octanol–water partition coefficient (Wildman–Crippen LogP) is 1.93. The second-order valence-corrected chi connectivity index (χ2v) is 6.54. The number of hydrogen-bond donors (Lipinski definition) is 1. The highest BCUT2D eigenvalue weighted by Gasteiger charge is 2.23. The van der Waals surface area contributed by atoms with Gasteiger partial charge < -0.3 is 10.0 Å². The van der Waals surface area contributed by atoms with E-state index in [-0.39, 0.29) is 5.56 Å². The van der Waals surface area contributed by atoms with E-state index in [0.29, 0.717) is 0 Å². The highest BCUT2D eigenvalue weighted by atomic mass is 16.4. The van der Waals surface area contributed by atoms with E-state index >= 15 is 0 Å². The summed E-state index contributed by atoms with van der Waals surface area (Å²) in [7, 11) is 2.11. The SMILES string of the molecule is CN1CCN(Cc2cc(C(=O)O)cc(C(C)(C)C#N)c2)CC1. The maximum atomic E-state index is 11.4. The molecule has 5 nitrogen and oxygen atoms in total. The van der Waals surface area contributed by atoms with E-state index in [2.05, 4.69) is 22.9 Å². The summed E-state index contributed by atoms with van der Waals surface area (Å²) in [5.41, 5.74) is 1.29. The molecule has 0 unspecified atom stereocenters. The van der Waals surface area contributed by atoms with E-state index < -0.39 is 11.4 Å². The number of hydrogen-bond acceptors (Lipinski definition) is 4. The Morgan fingerprint density at radius 3 is 2.45 bits per heavy atom. The third kappa shape index (κ3) is 3.85. The molecule has 0 bridgehead atoms. The fraction of sp³-hybridized carbons (Fsp3) is 0.529. The zero-order chi connectivity index (χ0) is 16.3. The third-order valence-corrected chi connectivity index (χ3v) is 4.24. The number of rotatable bonds is 4. The minimum absolute atomic E-state index is 0.255. The molecule has 0 saturated carbocycles. The summed E-state index contributed by atoms with van der Waals surface area (Å²) in [6, 6.07) is 7.54. The van der Waals surface area contributed by atoms with Crippen molar-refractivity contribution in [1.82, 2.24) is 9.80 Å². The van der Waals surface area contributed by atoms with Crippen LogP contribution in [0.3, 0.4) is 0 Å². The molecule has 0 amide bonds. The summed E-state index contributed by atoms with van der Waals surface area (Å²) in [5, 5.41) is 18.6. The molecular formula is C17H23N3O2. The standard InChI is InChI=1S/C17H23N3O2/c1-17(2,12-18)15-9-13(8-14(10-15)16(21)22)11-20-6-4-19(3)5-7-20/h8-10H,4-7,11H2,1-3H3,(H,21,22). The molecule has 1 saturated heterocycles. The topological polar surface area (TPSA) is 67.6 Å². The van der Waals surface area contributed by atoms with Crippen molar-refractivity contribution in [3.8, 4) is 6.07 Å². The van der Waals surface area contributed by atoms with Crippen molar-refractivity contribution in [2.45, 2.75) is 25.8 Å². The van der Waals surface area contributed by atoms with Gasteiger partial charge in [-0.3, -0.25) is 4.90 Å². The van der Waals surface area contributed by atoms with Gasteiger partial charge in [0.05, 0.1) is 17.0 Å². The summed E-state index contributed by atoms with van der Waals surface area (Å²) in [5.74, 6) is -0.949. The largest absolute Gasteiger partial charge is 0.478 e. The monoisotopic (exact) mass is 301 g/mol. The number of likely N-dealkylation sites (N-methyl/N-ethyl adjacent to an activating group) is 1. The van der Waals surface area contributed by atoms with E-state index in [1.807, 2.05) is 19.9 Å². The average molecular weight is 301 g/mol. The number of nitrogens with zero attached hydrogens (tertiary/aromatic N) is 3. The summed E-state index contributed by atoms with van der Waals surface area (Å²) < 4.78 is 0. The first-order valence-corrected chi connectivity index (χ1v) is 7.52. The molecule has 0 aliphatic carbocycles. The molecule has 1 fully saturated rings. The van der Waals surface area contributed by atoms with Crippen LogP contribution in [0.2, 0.25) is 0 Å². The van der Waals surface area contributed by atoms with Gasteiger partial charge in [-0.15, -0.1) is 0 Å². The lowest BCUT2D eigenvalue weighted by atomic mass is 9.84. The first kappa shape index (κ1) is 16.5. The predicted molar refractivity (Wildman–Crippen MR) is 84.8 cm³/mol. The number of carbonyl (C=O) groups is 1. The van der Waals surface area contributed by atoms with Gasteiger partial charge in [-0.05, 0) is 44.2 Å². The van der Waals surface area contributed by atoms with Crippen molar-refractivity contribution in [3.05, 3.63) is 34.9 Å². The van der Waals surface area contributed by atoms with Crippen LogP contribution in [0.4, 0.5) is 0 Å². The van der Waals surface area contributed by atoms with Crippen molar-refractivity contribution in [1.29, 1.82) is 5.26 Å². The zero-order valence-corrected chi connectivity index (χ0v) is 13.5. The Labute approximate surface area is 131 Å². The quantitative estimate of drug-likeness (QED) is 0.920. The van der Waals surface area contributed by atoms with Gasteiger partial charge in [-0.2, -0.15) is 5.26 Å². The maximum Gasteiger partial charge on any atom is 0.335 e. The molecule has 0 aromatic heterocycles. The minimum atomic E-state index is -0.949. The van der Waals surface area contributed by atoms with Crippen LogP contribution >= 0.6 is 0 Å². The Balaban J connectivity index is 2.27. The first-order chi connectivity index (χ1) is 10.3. The van der Waals surface area contributed by atoms with Gasteiger partial charge in [0.1, 0.15) is 0 Å². The summed E-state index contributed by atoms with van der Waals surface area (Å²) >= 11 is 0. The molecule has 0 atom stereocenters. The highest BCUT2D eigenvalue weighted by Crippen LogP contribution is 2.25. The molecule has 118 valence electrons. The molecule has 0 spiro atoms. The van der Waals surface area contributed by atoms with Gasteiger partial charge in [0.2, 0.25) is 0 Å². The van der Waals surface area contributed by atoms with Crippen molar-refractivity contribution >= 4 is 5.97 Å². The number of carboxylic acid groups (broad SMARTS) is 1. The fourth-order valence-corrected chi connectivity index (χ4v) is 2.60. The minimum Gasteiger partial charge on any atom is -0.478 e. The smallest absolute Gasteiger partial charge is 0.335 e. The van der Waals surface area contributed by atoms with Gasteiger partial charge in [-0.25, -0.2) is 4.79 Å². The normalized spacial score (nSPS) is 17.2. The Morgan fingerprint density at radius 2 is 1.91 bits per heavy atom. The van der Waals surface area contributed by atoms with Crippen molar-refractivity contribution < 1.29 is 9.90 Å². The second kappa shape index (κ2) is 6.47. The number of carboxylic acids is 1.